The van der Waals surface area contributed by atoms with Gasteiger partial charge < -0.3 is 14.8 Å². The number of nitrogens with one attached hydrogen (secondary N) is 2. The fourth-order valence-electron chi connectivity index (χ4n) is 2.92. The van der Waals surface area contributed by atoms with Gasteiger partial charge in [-0.05, 0) is 37.0 Å². The molecule has 2 amide bonds. The largest absolute Gasteiger partial charge is 0.454 e. The summed E-state index contributed by atoms with van der Waals surface area (Å²) in [5.74, 6) is 1.13. The first-order chi connectivity index (χ1) is 13.5. The van der Waals surface area contributed by atoms with Gasteiger partial charge in [-0.15, -0.1) is 10.2 Å². The number of ether oxygens (including phenoxy) is 2. The molecule has 2 aromatic rings. The average molecular weight is 402 g/mol. The van der Waals surface area contributed by atoms with Gasteiger partial charge in [-0.2, -0.15) is 0 Å². The Morgan fingerprint density at radius 3 is 2.79 bits per heavy atom. The third kappa shape index (κ3) is 3.94. The summed E-state index contributed by atoms with van der Waals surface area (Å²) in [5.41, 5.74) is 0.836. The van der Waals surface area contributed by atoms with Crippen LogP contribution in [0.2, 0.25) is 0 Å². The van der Waals surface area contributed by atoms with Gasteiger partial charge >= 0.3 is 0 Å². The van der Waals surface area contributed by atoms with Crippen LogP contribution in [0.4, 0.5) is 5.13 Å². The summed E-state index contributed by atoms with van der Waals surface area (Å²) in [6, 6.07) is 4.95. The van der Waals surface area contributed by atoms with Gasteiger partial charge in [0.15, 0.2) is 11.5 Å². The van der Waals surface area contributed by atoms with Gasteiger partial charge in [-0.1, -0.05) is 31.6 Å². The predicted molar refractivity (Wildman–Crippen MR) is 104 cm³/mol. The minimum Gasteiger partial charge on any atom is -0.454 e. The highest BCUT2D eigenvalue weighted by Crippen LogP contribution is 2.37. The van der Waals surface area contributed by atoms with E-state index in [-0.39, 0.29) is 30.4 Å². The average Bonchev–Trinajstić information content (AvgIpc) is 3.27. The Hall–Kier alpha value is -2.68. The van der Waals surface area contributed by atoms with E-state index in [1.807, 2.05) is 32.0 Å². The highest BCUT2D eigenvalue weighted by molar-refractivity contribution is 7.18. The Labute approximate surface area is 166 Å². The number of carbonyl (C=O) groups excluding carboxylic acids is 2. The van der Waals surface area contributed by atoms with Gasteiger partial charge in [0.05, 0.1) is 0 Å². The van der Waals surface area contributed by atoms with E-state index in [1.165, 1.54) is 11.3 Å². The molecule has 4 rings (SSSR count). The molecule has 0 radical (unpaired) electrons. The number of carbonyl (C=O) groups is 2. The molecule has 2 atom stereocenters. The van der Waals surface area contributed by atoms with E-state index < -0.39 is 6.04 Å². The van der Waals surface area contributed by atoms with Crippen molar-refractivity contribution in [2.75, 3.05) is 12.1 Å². The highest BCUT2D eigenvalue weighted by Gasteiger charge is 2.34. The van der Waals surface area contributed by atoms with Crippen LogP contribution in [0.5, 0.6) is 11.5 Å². The molecule has 2 unspecified atom stereocenters. The first-order valence-corrected chi connectivity index (χ1v) is 10.2. The van der Waals surface area contributed by atoms with E-state index in [2.05, 4.69) is 20.8 Å². The minimum atomic E-state index is -0.587. The Balaban J connectivity index is 1.45. The van der Waals surface area contributed by atoms with Crippen LogP contribution in [0.1, 0.15) is 33.1 Å². The molecule has 1 aromatic heterocycles. The standard InChI is InChI=1S/C19H22N4O4S/c1-3-10(2)15(20-16(24)11-4-5-11)17(25)21-19-23-22-18(28-19)12-6-7-13-14(8-12)27-9-26-13/h6-8,10-11,15H,3-5,9H2,1-2H3,(H,20,24)(H,21,23,25). The van der Waals surface area contributed by atoms with Gasteiger partial charge in [-0.25, -0.2) is 0 Å². The van der Waals surface area contributed by atoms with E-state index in [0.29, 0.717) is 21.6 Å². The van der Waals surface area contributed by atoms with Gasteiger partial charge in [0.1, 0.15) is 11.0 Å². The third-order valence-corrected chi connectivity index (χ3v) is 5.90. The van der Waals surface area contributed by atoms with Crippen molar-refractivity contribution in [2.45, 2.75) is 39.2 Å². The summed E-state index contributed by atoms with van der Waals surface area (Å²) in [4.78, 5) is 24.9. The molecular weight excluding hydrogens is 380 g/mol. The Morgan fingerprint density at radius 1 is 1.25 bits per heavy atom. The van der Waals surface area contributed by atoms with E-state index in [0.717, 1.165) is 24.8 Å². The summed E-state index contributed by atoms with van der Waals surface area (Å²) < 4.78 is 10.7. The van der Waals surface area contributed by atoms with Gasteiger partial charge in [0.2, 0.25) is 23.7 Å². The molecule has 2 aliphatic rings. The molecule has 0 saturated heterocycles. The van der Waals surface area contributed by atoms with Crippen LogP contribution < -0.4 is 20.1 Å². The van der Waals surface area contributed by atoms with E-state index in [9.17, 15) is 9.59 Å². The molecule has 2 N–H and O–H groups in total. The first-order valence-electron chi connectivity index (χ1n) is 9.40. The van der Waals surface area contributed by atoms with Crippen LogP contribution in [0.3, 0.4) is 0 Å². The lowest BCUT2D eigenvalue weighted by Crippen LogP contribution is -2.48. The van der Waals surface area contributed by atoms with Crippen molar-refractivity contribution >= 4 is 28.3 Å². The molecular formula is C19H22N4O4S. The molecule has 0 spiro atoms. The van der Waals surface area contributed by atoms with E-state index in [4.69, 9.17) is 9.47 Å². The SMILES string of the molecule is CCC(C)C(NC(=O)C1CC1)C(=O)Nc1nnc(-c2ccc3c(c2)OCO3)s1. The lowest BCUT2D eigenvalue weighted by Gasteiger charge is -2.22. The molecule has 1 fully saturated rings. The highest BCUT2D eigenvalue weighted by atomic mass is 32.1. The topological polar surface area (TPSA) is 102 Å². The molecule has 1 aliphatic carbocycles. The van der Waals surface area contributed by atoms with E-state index >= 15 is 0 Å². The molecule has 8 nitrogen and oxygen atoms in total. The maximum Gasteiger partial charge on any atom is 0.249 e. The number of fused-ring (bicyclic) bond motifs is 1. The summed E-state index contributed by atoms with van der Waals surface area (Å²) in [6.45, 7) is 4.16. The van der Waals surface area contributed by atoms with Crippen LogP contribution in [-0.4, -0.2) is 34.8 Å². The Kier molecular flexibility index (Phi) is 5.17. The van der Waals surface area contributed by atoms with Gasteiger partial charge in [0.25, 0.3) is 0 Å². The fourth-order valence-corrected chi connectivity index (χ4v) is 3.66. The van der Waals surface area contributed by atoms with Crippen LogP contribution >= 0.6 is 11.3 Å². The molecule has 1 aliphatic heterocycles. The van der Waals surface area contributed by atoms with Gasteiger partial charge in [-0.3, -0.25) is 14.9 Å². The van der Waals surface area contributed by atoms with Crippen LogP contribution in [0.15, 0.2) is 18.2 Å². The monoisotopic (exact) mass is 402 g/mol. The number of nitrogens with zero attached hydrogens (tertiary/aromatic N) is 2. The zero-order chi connectivity index (χ0) is 19.7. The fraction of sp³-hybridized carbons (Fsp3) is 0.474. The van der Waals surface area contributed by atoms with Crippen molar-refractivity contribution in [1.29, 1.82) is 0 Å². The normalized spacial score (nSPS) is 17.1. The smallest absolute Gasteiger partial charge is 0.249 e. The maximum absolute atomic E-state index is 12.8. The second-order valence-corrected chi connectivity index (χ2v) is 8.09. The van der Waals surface area contributed by atoms with Crippen LogP contribution in [-0.2, 0) is 9.59 Å². The number of amides is 2. The molecule has 148 valence electrons. The van der Waals surface area contributed by atoms with Crippen molar-refractivity contribution in [2.24, 2.45) is 11.8 Å². The molecule has 1 aromatic carbocycles. The lowest BCUT2D eigenvalue weighted by atomic mass is 9.98. The Bertz CT molecular complexity index is 896. The predicted octanol–water partition coefficient (Wildman–Crippen LogP) is 2.81. The summed E-state index contributed by atoms with van der Waals surface area (Å²) in [7, 11) is 0. The van der Waals surface area contributed by atoms with Gasteiger partial charge in [0, 0.05) is 11.5 Å². The lowest BCUT2D eigenvalue weighted by molar-refractivity contribution is -0.128. The minimum absolute atomic E-state index is 0.0175. The van der Waals surface area contributed by atoms with E-state index in [1.54, 1.807) is 0 Å². The molecule has 1 saturated carbocycles. The molecule has 0 bridgehead atoms. The summed E-state index contributed by atoms with van der Waals surface area (Å²) in [6.07, 6.45) is 2.58. The van der Waals surface area contributed by atoms with Crippen molar-refractivity contribution in [3.05, 3.63) is 18.2 Å². The number of anilines is 1. The van der Waals surface area contributed by atoms with Crippen LogP contribution in [0.25, 0.3) is 10.6 Å². The third-order valence-electron chi connectivity index (χ3n) is 5.02. The number of aromatic nitrogens is 2. The number of benzene rings is 1. The maximum atomic E-state index is 12.8. The summed E-state index contributed by atoms with van der Waals surface area (Å²) in [5, 5.41) is 15.0. The molecule has 9 heteroatoms. The molecule has 28 heavy (non-hydrogen) atoms. The Morgan fingerprint density at radius 2 is 2.04 bits per heavy atom. The number of hydrogen-bond donors (Lipinski definition) is 2. The second-order valence-electron chi connectivity index (χ2n) is 7.12. The number of hydrogen-bond acceptors (Lipinski definition) is 7. The van der Waals surface area contributed by atoms with Crippen LogP contribution in [0, 0.1) is 11.8 Å². The quantitative estimate of drug-likeness (QED) is 0.738. The van der Waals surface area contributed by atoms with Crippen molar-refractivity contribution in [3.8, 4) is 22.1 Å². The second kappa shape index (κ2) is 7.75. The van der Waals surface area contributed by atoms with Crippen molar-refractivity contribution in [1.82, 2.24) is 15.5 Å². The molecule has 2 heterocycles. The summed E-state index contributed by atoms with van der Waals surface area (Å²) >= 11 is 1.27. The van der Waals surface area contributed by atoms with Crippen molar-refractivity contribution < 1.29 is 19.1 Å². The van der Waals surface area contributed by atoms with Crippen molar-refractivity contribution in [3.63, 3.8) is 0 Å². The number of rotatable bonds is 7. The zero-order valence-electron chi connectivity index (χ0n) is 15.7. The first kappa shape index (κ1) is 18.7. The zero-order valence-corrected chi connectivity index (χ0v) is 16.5.